The molecule has 0 unspecified atom stereocenters. The molecule has 2 N–H and O–H groups in total. The van der Waals surface area contributed by atoms with Crippen LogP contribution in [-0.4, -0.2) is 25.3 Å². The average molecular weight is 487 g/mol. The molecular formula is C18H20ClIN4S. The predicted molar refractivity (Wildman–Crippen MR) is 117 cm³/mol. The number of guanidine groups is 1. The van der Waals surface area contributed by atoms with E-state index in [1.54, 1.807) is 24.9 Å². The van der Waals surface area contributed by atoms with Crippen molar-refractivity contribution >= 4 is 53.3 Å². The van der Waals surface area contributed by atoms with E-state index in [0.29, 0.717) is 12.1 Å². The smallest absolute Gasteiger partial charge is 0.191 e. The molecule has 0 radical (unpaired) electrons. The summed E-state index contributed by atoms with van der Waals surface area (Å²) in [5.41, 5.74) is 1.71. The van der Waals surface area contributed by atoms with Crippen molar-refractivity contribution in [3.63, 3.8) is 0 Å². The van der Waals surface area contributed by atoms with Crippen molar-refractivity contribution in [3.05, 3.63) is 64.7 Å². The summed E-state index contributed by atoms with van der Waals surface area (Å²) in [6, 6.07) is 17.5. The molecule has 0 aliphatic rings. The number of rotatable bonds is 6. The third kappa shape index (κ3) is 7.99. The topological polar surface area (TPSA) is 60.2 Å². The zero-order valence-electron chi connectivity index (χ0n) is 13.8. The first-order valence-electron chi connectivity index (χ1n) is 7.53. The number of thioether (sulfide) groups is 1. The summed E-state index contributed by atoms with van der Waals surface area (Å²) in [4.78, 5) is 5.40. The van der Waals surface area contributed by atoms with E-state index >= 15 is 0 Å². The van der Waals surface area contributed by atoms with Gasteiger partial charge in [0.2, 0.25) is 0 Å². The zero-order chi connectivity index (χ0) is 17.2. The van der Waals surface area contributed by atoms with Crippen LogP contribution >= 0.6 is 47.3 Å². The van der Waals surface area contributed by atoms with Crippen LogP contribution < -0.4 is 10.6 Å². The van der Waals surface area contributed by atoms with Crippen molar-refractivity contribution in [3.8, 4) is 6.07 Å². The number of nitriles is 1. The van der Waals surface area contributed by atoms with Crippen molar-refractivity contribution in [1.29, 1.82) is 5.26 Å². The first-order chi connectivity index (χ1) is 11.7. The second-order valence-electron chi connectivity index (χ2n) is 4.97. The third-order valence-corrected chi connectivity index (χ3v) is 4.48. The van der Waals surface area contributed by atoms with E-state index in [-0.39, 0.29) is 24.0 Å². The normalized spacial score (nSPS) is 10.5. The Labute approximate surface area is 175 Å². The molecule has 132 valence electrons. The van der Waals surface area contributed by atoms with Crippen LogP contribution in [0.2, 0.25) is 5.02 Å². The van der Waals surface area contributed by atoms with Gasteiger partial charge in [-0.1, -0.05) is 23.7 Å². The van der Waals surface area contributed by atoms with E-state index in [1.807, 2.05) is 42.5 Å². The number of halogens is 2. The van der Waals surface area contributed by atoms with E-state index in [9.17, 15) is 0 Å². The lowest BCUT2D eigenvalue weighted by atomic mass is 10.1. The lowest BCUT2D eigenvalue weighted by Crippen LogP contribution is -2.37. The monoisotopic (exact) mass is 486 g/mol. The SMILES string of the molecule is CN=C(NCCSc1ccc(Cl)cc1)NCc1cccc(C#N)c1.I. The predicted octanol–water partition coefficient (Wildman–Crippen LogP) is 4.29. The molecule has 7 heteroatoms. The Morgan fingerprint density at radius 1 is 1.20 bits per heavy atom. The Morgan fingerprint density at radius 3 is 2.64 bits per heavy atom. The zero-order valence-corrected chi connectivity index (χ0v) is 17.7. The number of aliphatic imine (C=N–C) groups is 1. The highest BCUT2D eigenvalue weighted by Crippen LogP contribution is 2.19. The molecule has 0 atom stereocenters. The van der Waals surface area contributed by atoms with Gasteiger partial charge >= 0.3 is 0 Å². The molecule has 0 heterocycles. The average Bonchev–Trinajstić information content (AvgIpc) is 2.63. The molecule has 0 amide bonds. The van der Waals surface area contributed by atoms with Gasteiger partial charge in [0.05, 0.1) is 11.6 Å². The van der Waals surface area contributed by atoms with Crippen LogP contribution in [0.3, 0.4) is 0 Å². The molecule has 0 bridgehead atoms. The van der Waals surface area contributed by atoms with Crippen LogP contribution in [0.4, 0.5) is 0 Å². The number of nitrogens with zero attached hydrogens (tertiary/aromatic N) is 2. The first kappa shape index (κ1) is 21.6. The van der Waals surface area contributed by atoms with Crippen molar-refractivity contribution in [2.75, 3.05) is 19.3 Å². The lowest BCUT2D eigenvalue weighted by Gasteiger charge is -2.12. The standard InChI is InChI=1S/C18H19ClN4S.HI/c1-21-18(23-13-15-4-2-3-14(11-15)12-20)22-9-10-24-17-7-5-16(19)6-8-17;/h2-8,11H,9-10,13H2,1H3,(H2,21,22,23);1H. The molecule has 0 aliphatic carbocycles. The van der Waals surface area contributed by atoms with E-state index in [2.05, 4.69) is 21.7 Å². The summed E-state index contributed by atoms with van der Waals surface area (Å²) >= 11 is 7.64. The minimum atomic E-state index is 0. The fourth-order valence-electron chi connectivity index (χ4n) is 2.03. The van der Waals surface area contributed by atoms with Gasteiger partial charge in [0, 0.05) is 35.8 Å². The van der Waals surface area contributed by atoms with Crippen LogP contribution in [0, 0.1) is 11.3 Å². The molecule has 0 fully saturated rings. The number of hydrogen-bond acceptors (Lipinski definition) is 3. The Balaban J connectivity index is 0.00000312. The molecule has 4 nitrogen and oxygen atoms in total. The Hall–Kier alpha value is -1.43. The number of nitrogens with one attached hydrogen (secondary N) is 2. The largest absolute Gasteiger partial charge is 0.356 e. The summed E-state index contributed by atoms with van der Waals surface area (Å²) in [6.45, 7) is 1.42. The van der Waals surface area contributed by atoms with Crippen molar-refractivity contribution in [2.45, 2.75) is 11.4 Å². The van der Waals surface area contributed by atoms with E-state index in [0.717, 1.165) is 28.8 Å². The van der Waals surface area contributed by atoms with E-state index in [4.69, 9.17) is 16.9 Å². The Kier molecular flexibility index (Phi) is 10.4. The summed E-state index contributed by atoms with van der Waals surface area (Å²) in [5, 5.41) is 16.2. The second-order valence-corrected chi connectivity index (χ2v) is 6.57. The van der Waals surface area contributed by atoms with Gasteiger partial charge in [-0.2, -0.15) is 5.26 Å². The highest BCUT2D eigenvalue weighted by Gasteiger charge is 2.00. The summed E-state index contributed by atoms with van der Waals surface area (Å²) in [7, 11) is 1.74. The summed E-state index contributed by atoms with van der Waals surface area (Å²) < 4.78 is 0. The number of benzene rings is 2. The quantitative estimate of drug-likeness (QED) is 0.210. The van der Waals surface area contributed by atoms with Gasteiger partial charge in [0.1, 0.15) is 0 Å². The van der Waals surface area contributed by atoms with Gasteiger partial charge in [0.15, 0.2) is 5.96 Å². The van der Waals surface area contributed by atoms with Crippen LogP contribution in [-0.2, 0) is 6.54 Å². The van der Waals surface area contributed by atoms with Crippen LogP contribution in [0.5, 0.6) is 0 Å². The molecular weight excluding hydrogens is 467 g/mol. The van der Waals surface area contributed by atoms with Crippen molar-refractivity contribution in [2.24, 2.45) is 4.99 Å². The van der Waals surface area contributed by atoms with Crippen LogP contribution in [0.1, 0.15) is 11.1 Å². The van der Waals surface area contributed by atoms with Gasteiger partial charge < -0.3 is 10.6 Å². The summed E-state index contributed by atoms with van der Waals surface area (Å²) in [5.74, 6) is 1.67. The third-order valence-electron chi connectivity index (χ3n) is 3.22. The fourth-order valence-corrected chi connectivity index (χ4v) is 2.92. The van der Waals surface area contributed by atoms with Gasteiger partial charge in [-0.25, -0.2) is 0 Å². The molecule has 0 aromatic heterocycles. The highest BCUT2D eigenvalue weighted by molar-refractivity contribution is 14.0. The minimum Gasteiger partial charge on any atom is -0.356 e. The lowest BCUT2D eigenvalue weighted by molar-refractivity contribution is 0.832. The molecule has 2 aromatic rings. The van der Waals surface area contributed by atoms with Crippen LogP contribution in [0.25, 0.3) is 0 Å². The van der Waals surface area contributed by atoms with Gasteiger partial charge in [-0.3, -0.25) is 4.99 Å². The van der Waals surface area contributed by atoms with Gasteiger partial charge in [-0.15, -0.1) is 35.7 Å². The Bertz CT molecular complexity index is 729. The first-order valence-corrected chi connectivity index (χ1v) is 8.89. The highest BCUT2D eigenvalue weighted by atomic mass is 127. The number of hydrogen-bond donors (Lipinski definition) is 2. The molecule has 2 aromatic carbocycles. The van der Waals surface area contributed by atoms with Gasteiger partial charge in [0.25, 0.3) is 0 Å². The van der Waals surface area contributed by atoms with E-state index < -0.39 is 0 Å². The maximum absolute atomic E-state index is 8.92. The molecule has 0 aliphatic heterocycles. The molecule has 0 spiro atoms. The molecule has 25 heavy (non-hydrogen) atoms. The van der Waals surface area contributed by atoms with Crippen molar-refractivity contribution in [1.82, 2.24) is 10.6 Å². The molecule has 2 rings (SSSR count). The maximum Gasteiger partial charge on any atom is 0.191 e. The maximum atomic E-state index is 8.92. The fraction of sp³-hybridized carbons (Fsp3) is 0.222. The summed E-state index contributed by atoms with van der Waals surface area (Å²) in [6.07, 6.45) is 0. The van der Waals surface area contributed by atoms with Crippen molar-refractivity contribution < 1.29 is 0 Å². The molecule has 0 saturated heterocycles. The second kappa shape index (κ2) is 12.0. The molecule has 0 saturated carbocycles. The van der Waals surface area contributed by atoms with Crippen LogP contribution in [0.15, 0.2) is 58.4 Å². The van der Waals surface area contributed by atoms with Gasteiger partial charge in [-0.05, 0) is 42.0 Å². The Morgan fingerprint density at radius 2 is 1.96 bits per heavy atom. The van der Waals surface area contributed by atoms with E-state index in [1.165, 1.54) is 4.90 Å². The minimum absolute atomic E-state index is 0.